The minimum Gasteiger partial charge on any atom is -0.449 e. The van der Waals surface area contributed by atoms with Gasteiger partial charge in [0.15, 0.2) is 6.10 Å². The van der Waals surface area contributed by atoms with Crippen LogP contribution < -0.4 is 10.2 Å². The van der Waals surface area contributed by atoms with E-state index < -0.39 is 12.1 Å². The van der Waals surface area contributed by atoms with Gasteiger partial charge in [-0.2, -0.15) is 0 Å². The molecule has 1 aliphatic rings. The molecule has 6 heteroatoms. The van der Waals surface area contributed by atoms with Crippen molar-refractivity contribution in [3.8, 4) is 0 Å². The molecule has 0 saturated carbocycles. The molecule has 1 atom stereocenters. The number of benzene rings is 3. The largest absolute Gasteiger partial charge is 0.449 e. The lowest BCUT2D eigenvalue weighted by molar-refractivity contribution is -0.921. The van der Waals surface area contributed by atoms with Crippen LogP contribution in [0.4, 0.5) is 5.69 Å². The van der Waals surface area contributed by atoms with Crippen molar-refractivity contribution in [1.29, 1.82) is 0 Å². The maximum Gasteiger partial charge on any atom is 0.338 e. The molecule has 31 heavy (non-hydrogen) atoms. The number of amides is 1. The summed E-state index contributed by atoms with van der Waals surface area (Å²) in [6.45, 7) is 6.05. The highest BCUT2D eigenvalue weighted by molar-refractivity contribution is 5.98. The van der Waals surface area contributed by atoms with Gasteiger partial charge in [-0.05, 0) is 42.0 Å². The Labute approximate surface area is 181 Å². The Bertz CT molecular complexity index is 1060. The summed E-state index contributed by atoms with van der Waals surface area (Å²) in [5.41, 5.74) is 2.27. The van der Waals surface area contributed by atoms with Crippen LogP contribution in [0.5, 0.6) is 0 Å². The molecule has 6 nitrogen and oxygen atoms in total. The molecule has 1 amide bonds. The average Bonchev–Trinajstić information content (AvgIpc) is 2.80. The molecule has 160 valence electrons. The van der Waals surface area contributed by atoms with Crippen LogP contribution >= 0.6 is 0 Å². The third kappa shape index (κ3) is 5.48. The lowest BCUT2D eigenvalue weighted by Gasteiger charge is -2.23. The third-order valence-electron chi connectivity index (χ3n) is 5.51. The zero-order chi connectivity index (χ0) is 21.6. The predicted octanol–water partition coefficient (Wildman–Crippen LogP) is 2.44. The fourth-order valence-corrected chi connectivity index (χ4v) is 3.68. The molecule has 0 bridgehead atoms. The molecule has 0 aromatic heterocycles. The average molecular weight is 420 g/mol. The monoisotopic (exact) mass is 419 g/mol. The van der Waals surface area contributed by atoms with Gasteiger partial charge < -0.3 is 19.7 Å². The van der Waals surface area contributed by atoms with Crippen LogP contribution in [-0.4, -0.2) is 44.3 Å². The highest BCUT2D eigenvalue weighted by atomic mass is 16.5. The number of anilines is 1. The predicted molar refractivity (Wildman–Crippen MR) is 119 cm³/mol. The lowest BCUT2D eigenvalue weighted by Crippen LogP contribution is -3.12. The van der Waals surface area contributed by atoms with Gasteiger partial charge in [0.25, 0.3) is 5.91 Å². The summed E-state index contributed by atoms with van der Waals surface area (Å²) in [5, 5.41) is 4.94. The summed E-state index contributed by atoms with van der Waals surface area (Å²) in [7, 11) is 0. The number of ether oxygens (including phenoxy) is 2. The van der Waals surface area contributed by atoms with Gasteiger partial charge in [0.2, 0.25) is 0 Å². The molecule has 4 rings (SSSR count). The van der Waals surface area contributed by atoms with Crippen molar-refractivity contribution in [2.24, 2.45) is 0 Å². The van der Waals surface area contributed by atoms with Gasteiger partial charge in [0, 0.05) is 11.3 Å². The molecular weight excluding hydrogens is 392 g/mol. The molecule has 1 saturated heterocycles. The fourth-order valence-electron chi connectivity index (χ4n) is 3.68. The quantitative estimate of drug-likeness (QED) is 0.603. The number of esters is 1. The van der Waals surface area contributed by atoms with E-state index in [1.165, 1.54) is 4.90 Å². The molecule has 1 fully saturated rings. The molecule has 0 spiro atoms. The van der Waals surface area contributed by atoms with Crippen molar-refractivity contribution < 1.29 is 24.0 Å². The Morgan fingerprint density at radius 3 is 2.45 bits per heavy atom. The van der Waals surface area contributed by atoms with Gasteiger partial charge >= 0.3 is 5.97 Å². The van der Waals surface area contributed by atoms with Crippen molar-refractivity contribution in [1.82, 2.24) is 0 Å². The summed E-state index contributed by atoms with van der Waals surface area (Å²) in [5.74, 6) is -0.873. The molecule has 1 heterocycles. The van der Waals surface area contributed by atoms with E-state index in [1.54, 1.807) is 19.1 Å². The molecule has 0 radical (unpaired) electrons. The van der Waals surface area contributed by atoms with Crippen molar-refractivity contribution in [3.05, 3.63) is 77.9 Å². The standard InChI is InChI=1S/C25H26N2O4/c1-18(24(28)26-23-11-10-20-4-2-3-5-22(20)16-23)31-25(29)21-8-6-19(7-9-21)17-27-12-14-30-15-13-27/h2-11,16,18H,12-15,17H2,1H3,(H,26,28)/p+1/t18-/m1/s1. The summed E-state index contributed by atoms with van der Waals surface area (Å²) in [6.07, 6.45) is -0.906. The molecule has 0 unspecified atom stereocenters. The minimum atomic E-state index is -0.906. The highest BCUT2D eigenvalue weighted by Gasteiger charge is 2.20. The SMILES string of the molecule is C[C@@H](OC(=O)c1ccc(C[NH+]2CCOCC2)cc1)C(=O)Nc1ccc2ccccc2c1. The second kappa shape index (κ2) is 9.73. The molecule has 3 aromatic rings. The molecule has 2 N–H and O–H groups in total. The number of hydrogen-bond donors (Lipinski definition) is 2. The summed E-state index contributed by atoms with van der Waals surface area (Å²) < 4.78 is 10.8. The Hall–Kier alpha value is -3.22. The lowest BCUT2D eigenvalue weighted by atomic mass is 10.1. The second-order valence-electron chi connectivity index (χ2n) is 7.83. The number of nitrogens with one attached hydrogen (secondary N) is 2. The summed E-state index contributed by atoms with van der Waals surface area (Å²) in [4.78, 5) is 26.4. The van der Waals surface area contributed by atoms with Gasteiger partial charge in [0.1, 0.15) is 19.6 Å². The highest BCUT2D eigenvalue weighted by Crippen LogP contribution is 2.19. The van der Waals surface area contributed by atoms with Crippen molar-refractivity contribution in [3.63, 3.8) is 0 Å². The maximum absolute atomic E-state index is 12.5. The smallest absolute Gasteiger partial charge is 0.338 e. The minimum absolute atomic E-state index is 0.365. The Morgan fingerprint density at radius 2 is 1.71 bits per heavy atom. The number of morpholine rings is 1. The first kappa shape index (κ1) is 21.0. The molecule has 3 aromatic carbocycles. The fraction of sp³-hybridized carbons (Fsp3) is 0.280. The van der Waals surface area contributed by atoms with E-state index in [-0.39, 0.29) is 5.91 Å². The van der Waals surface area contributed by atoms with E-state index in [4.69, 9.17) is 9.47 Å². The second-order valence-corrected chi connectivity index (χ2v) is 7.83. The van der Waals surface area contributed by atoms with Crippen LogP contribution in [0.2, 0.25) is 0 Å². The number of hydrogen-bond acceptors (Lipinski definition) is 4. The molecule has 0 aliphatic carbocycles. The number of carbonyl (C=O) groups excluding carboxylic acids is 2. The van der Waals surface area contributed by atoms with Gasteiger partial charge in [-0.1, -0.05) is 42.5 Å². The van der Waals surface area contributed by atoms with E-state index in [1.807, 2.05) is 54.6 Å². The van der Waals surface area contributed by atoms with Crippen LogP contribution in [0.3, 0.4) is 0 Å². The number of carbonyl (C=O) groups is 2. The van der Waals surface area contributed by atoms with Crippen LogP contribution in [0, 0.1) is 0 Å². The topological polar surface area (TPSA) is 69.1 Å². The van der Waals surface area contributed by atoms with Gasteiger partial charge in [-0.25, -0.2) is 4.79 Å². The van der Waals surface area contributed by atoms with Gasteiger partial charge in [0.05, 0.1) is 18.8 Å². The van der Waals surface area contributed by atoms with Gasteiger partial charge in [-0.3, -0.25) is 4.79 Å². The Morgan fingerprint density at radius 1 is 1.00 bits per heavy atom. The maximum atomic E-state index is 12.5. The van der Waals surface area contributed by atoms with Crippen molar-refractivity contribution >= 4 is 28.3 Å². The van der Waals surface area contributed by atoms with Gasteiger partial charge in [-0.15, -0.1) is 0 Å². The summed E-state index contributed by atoms with van der Waals surface area (Å²) >= 11 is 0. The molecular formula is C25H27N2O4+. The first-order valence-electron chi connectivity index (χ1n) is 10.6. The van der Waals surface area contributed by atoms with Crippen LogP contribution in [0.15, 0.2) is 66.7 Å². The van der Waals surface area contributed by atoms with E-state index >= 15 is 0 Å². The molecule has 1 aliphatic heterocycles. The van der Waals surface area contributed by atoms with E-state index in [2.05, 4.69) is 5.32 Å². The Kier molecular flexibility index (Phi) is 6.60. The zero-order valence-corrected chi connectivity index (χ0v) is 17.6. The number of fused-ring (bicyclic) bond motifs is 1. The van der Waals surface area contributed by atoms with Crippen LogP contribution in [-0.2, 0) is 20.8 Å². The van der Waals surface area contributed by atoms with Crippen LogP contribution in [0.25, 0.3) is 10.8 Å². The van der Waals surface area contributed by atoms with E-state index in [0.717, 1.165) is 49.2 Å². The van der Waals surface area contributed by atoms with E-state index in [0.29, 0.717) is 11.3 Å². The van der Waals surface area contributed by atoms with Crippen molar-refractivity contribution in [2.45, 2.75) is 19.6 Å². The summed E-state index contributed by atoms with van der Waals surface area (Å²) in [6, 6.07) is 21.0. The van der Waals surface area contributed by atoms with E-state index in [9.17, 15) is 9.59 Å². The number of rotatable bonds is 6. The third-order valence-corrected chi connectivity index (χ3v) is 5.51. The first-order valence-corrected chi connectivity index (χ1v) is 10.6. The number of quaternary nitrogens is 1. The van der Waals surface area contributed by atoms with Crippen molar-refractivity contribution in [2.75, 3.05) is 31.6 Å². The first-order chi connectivity index (χ1) is 15.1. The zero-order valence-electron chi connectivity index (χ0n) is 17.6. The Balaban J connectivity index is 1.32. The van der Waals surface area contributed by atoms with Crippen LogP contribution in [0.1, 0.15) is 22.8 Å². The normalized spacial score (nSPS) is 15.4.